The van der Waals surface area contributed by atoms with Crippen LogP contribution in [0.2, 0.25) is 0 Å². The van der Waals surface area contributed by atoms with Crippen LogP contribution in [0.25, 0.3) is 11.7 Å². The molecule has 3 aromatic rings. The third-order valence-corrected chi connectivity index (χ3v) is 4.36. The van der Waals surface area contributed by atoms with Gasteiger partial charge in [0.25, 0.3) is 0 Å². The molecular formula is C21H20F3N3O3. The lowest BCUT2D eigenvalue weighted by molar-refractivity contribution is -0.137. The number of methoxy groups -OCH3 is 2. The number of hydrogen-bond donors (Lipinski definition) is 1. The highest BCUT2D eigenvalue weighted by Gasteiger charge is 2.30. The molecule has 2 heterocycles. The number of fused-ring (bicyclic) bond motifs is 1. The fourth-order valence-electron chi connectivity index (χ4n) is 2.84. The molecule has 3 rings (SSSR count). The molecule has 0 aliphatic carbocycles. The minimum atomic E-state index is -4.41. The molecule has 0 spiro atoms. The summed E-state index contributed by atoms with van der Waals surface area (Å²) in [4.78, 5) is 16.3. The number of ether oxygens (including phenoxy) is 2. The average molecular weight is 419 g/mol. The number of carbonyl (C=O) groups excluding carboxylic acids is 1. The number of halogens is 3. The van der Waals surface area contributed by atoms with Crippen molar-refractivity contribution in [3.8, 4) is 11.5 Å². The summed E-state index contributed by atoms with van der Waals surface area (Å²) in [7, 11) is 3.08. The van der Waals surface area contributed by atoms with Crippen molar-refractivity contribution in [2.75, 3.05) is 20.8 Å². The molecule has 0 bridgehead atoms. The summed E-state index contributed by atoms with van der Waals surface area (Å²) < 4.78 is 50.1. The van der Waals surface area contributed by atoms with E-state index in [-0.39, 0.29) is 12.5 Å². The van der Waals surface area contributed by atoms with Crippen molar-refractivity contribution >= 4 is 17.6 Å². The SMILES string of the molecule is COc1ccc(OC)c(/C=C/C(=O)NCCc2cn3cc(C(F)(F)F)ccc3n2)c1. The first-order valence-corrected chi connectivity index (χ1v) is 9.03. The van der Waals surface area contributed by atoms with E-state index >= 15 is 0 Å². The highest BCUT2D eigenvalue weighted by atomic mass is 19.4. The molecule has 0 saturated heterocycles. The number of hydrogen-bond acceptors (Lipinski definition) is 4. The van der Waals surface area contributed by atoms with Gasteiger partial charge in [-0.1, -0.05) is 0 Å². The minimum Gasteiger partial charge on any atom is -0.497 e. The largest absolute Gasteiger partial charge is 0.497 e. The summed E-state index contributed by atoms with van der Waals surface area (Å²) in [6.45, 7) is 0.286. The normalized spacial score (nSPS) is 11.8. The quantitative estimate of drug-likeness (QED) is 0.593. The summed E-state index contributed by atoms with van der Waals surface area (Å²) in [5, 5.41) is 2.72. The summed E-state index contributed by atoms with van der Waals surface area (Å²) in [5.74, 6) is 0.919. The number of nitrogens with zero attached hydrogens (tertiary/aromatic N) is 2. The lowest BCUT2D eigenvalue weighted by Crippen LogP contribution is -2.23. The molecule has 0 aliphatic heterocycles. The summed E-state index contributed by atoms with van der Waals surface area (Å²) in [6, 6.07) is 7.54. The van der Waals surface area contributed by atoms with Gasteiger partial charge in [-0.15, -0.1) is 0 Å². The van der Waals surface area contributed by atoms with Gasteiger partial charge >= 0.3 is 6.18 Å². The van der Waals surface area contributed by atoms with E-state index in [0.717, 1.165) is 12.3 Å². The highest BCUT2D eigenvalue weighted by molar-refractivity contribution is 5.92. The van der Waals surface area contributed by atoms with Gasteiger partial charge in [-0.25, -0.2) is 4.98 Å². The molecule has 2 aromatic heterocycles. The molecule has 158 valence electrons. The van der Waals surface area contributed by atoms with E-state index in [2.05, 4.69) is 10.3 Å². The van der Waals surface area contributed by atoms with Crippen LogP contribution >= 0.6 is 0 Å². The van der Waals surface area contributed by atoms with Crippen molar-refractivity contribution < 1.29 is 27.4 Å². The molecule has 0 atom stereocenters. The Morgan fingerprint density at radius 2 is 1.97 bits per heavy atom. The molecular weight excluding hydrogens is 399 g/mol. The Bertz CT molecular complexity index is 1070. The standard InChI is InChI=1S/C21H20F3N3O3/c1-29-17-5-6-18(30-2)14(11-17)3-8-20(28)25-10-9-16-13-27-12-15(21(22,23)24)4-7-19(27)26-16/h3-8,11-13H,9-10H2,1-2H3,(H,25,28)/b8-3+. The van der Waals surface area contributed by atoms with Crippen LogP contribution in [0, 0.1) is 0 Å². The van der Waals surface area contributed by atoms with Gasteiger partial charge in [-0.05, 0) is 36.4 Å². The van der Waals surface area contributed by atoms with Gasteiger partial charge in [0.05, 0.1) is 25.5 Å². The maximum atomic E-state index is 12.8. The van der Waals surface area contributed by atoms with Gasteiger partial charge in [-0.2, -0.15) is 13.2 Å². The third-order valence-electron chi connectivity index (χ3n) is 4.36. The zero-order valence-electron chi connectivity index (χ0n) is 16.4. The third kappa shape index (κ3) is 5.11. The van der Waals surface area contributed by atoms with Gasteiger partial charge in [0, 0.05) is 37.0 Å². The lowest BCUT2D eigenvalue weighted by Gasteiger charge is -2.07. The fourth-order valence-corrected chi connectivity index (χ4v) is 2.84. The van der Waals surface area contributed by atoms with Crippen LogP contribution < -0.4 is 14.8 Å². The van der Waals surface area contributed by atoms with Gasteiger partial charge in [0.2, 0.25) is 5.91 Å². The number of rotatable bonds is 7. The minimum absolute atomic E-state index is 0.286. The van der Waals surface area contributed by atoms with Crippen molar-refractivity contribution in [2.45, 2.75) is 12.6 Å². The molecule has 1 amide bonds. The molecule has 0 unspecified atom stereocenters. The number of benzene rings is 1. The second kappa shape index (κ2) is 8.89. The van der Waals surface area contributed by atoms with Crippen molar-refractivity contribution in [1.29, 1.82) is 0 Å². The second-order valence-corrected chi connectivity index (χ2v) is 6.40. The Kier molecular flexibility index (Phi) is 6.29. The van der Waals surface area contributed by atoms with Crippen molar-refractivity contribution in [3.05, 3.63) is 65.6 Å². The van der Waals surface area contributed by atoms with E-state index in [1.165, 1.54) is 29.8 Å². The van der Waals surface area contributed by atoms with E-state index in [0.29, 0.717) is 34.8 Å². The van der Waals surface area contributed by atoms with E-state index in [1.54, 1.807) is 31.4 Å². The Morgan fingerprint density at radius 1 is 1.17 bits per heavy atom. The number of alkyl halides is 3. The van der Waals surface area contributed by atoms with Gasteiger partial charge in [0.15, 0.2) is 0 Å². The average Bonchev–Trinajstić information content (AvgIpc) is 3.13. The Labute approximate surface area is 170 Å². The van der Waals surface area contributed by atoms with Crippen molar-refractivity contribution in [2.24, 2.45) is 0 Å². The van der Waals surface area contributed by atoms with E-state index in [9.17, 15) is 18.0 Å². The first kappa shape index (κ1) is 21.2. The zero-order chi connectivity index (χ0) is 21.7. The number of imidazole rings is 1. The molecule has 0 aliphatic rings. The maximum Gasteiger partial charge on any atom is 0.417 e. The van der Waals surface area contributed by atoms with Crippen LogP contribution in [-0.4, -0.2) is 36.1 Å². The van der Waals surface area contributed by atoms with E-state index in [4.69, 9.17) is 9.47 Å². The maximum absolute atomic E-state index is 12.8. The molecule has 6 nitrogen and oxygen atoms in total. The predicted molar refractivity (Wildman–Crippen MR) is 105 cm³/mol. The number of nitrogens with one attached hydrogen (secondary N) is 1. The second-order valence-electron chi connectivity index (χ2n) is 6.40. The molecule has 0 fully saturated rings. The first-order valence-electron chi connectivity index (χ1n) is 9.03. The Balaban J connectivity index is 1.59. The lowest BCUT2D eigenvalue weighted by atomic mass is 10.1. The molecule has 9 heteroatoms. The number of pyridine rings is 1. The summed E-state index contributed by atoms with van der Waals surface area (Å²) >= 11 is 0. The van der Waals surface area contributed by atoms with Crippen LogP contribution in [-0.2, 0) is 17.4 Å². The number of aromatic nitrogens is 2. The fraction of sp³-hybridized carbons (Fsp3) is 0.238. The van der Waals surface area contributed by atoms with Crippen LogP contribution in [0.5, 0.6) is 11.5 Å². The van der Waals surface area contributed by atoms with E-state index in [1.807, 2.05) is 0 Å². The van der Waals surface area contributed by atoms with Crippen LogP contribution in [0.1, 0.15) is 16.8 Å². The number of amides is 1. The topological polar surface area (TPSA) is 64.9 Å². The number of carbonyl (C=O) groups is 1. The molecule has 0 saturated carbocycles. The summed E-state index contributed by atoms with van der Waals surface area (Å²) in [5.41, 5.74) is 0.931. The Morgan fingerprint density at radius 3 is 2.67 bits per heavy atom. The predicted octanol–water partition coefficient (Wildman–Crippen LogP) is 3.74. The van der Waals surface area contributed by atoms with E-state index < -0.39 is 11.7 Å². The Hall–Kier alpha value is -3.49. The monoisotopic (exact) mass is 419 g/mol. The van der Waals surface area contributed by atoms with Crippen LogP contribution in [0.15, 0.2) is 48.8 Å². The summed E-state index contributed by atoms with van der Waals surface area (Å²) in [6.07, 6.45) is 1.47. The van der Waals surface area contributed by atoms with Gasteiger partial charge < -0.3 is 19.2 Å². The van der Waals surface area contributed by atoms with Gasteiger partial charge in [0.1, 0.15) is 17.1 Å². The molecule has 0 radical (unpaired) electrons. The highest BCUT2D eigenvalue weighted by Crippen LogP contribution is 2.29. The molecule has 1 aromatic carbocycles. The zero-order valence-corrected chi connectivity index (χ0v) is 16.4. The molecule has 30 heavy (non-hydrogen) atoms. The smallest absolute Gasteiger partial charge is 0.417 e. The molecule has 1 N–H and O–H groups in total. The van der Waals surface area contributed by atoms with Crippen LogP contribution in [0.3, 0.4) is 0 Å². The van der Waals surface area contributed by atoms with Crippen molar-refractivity contribution in [1.82, 2.24) is 14.7 Å². The van der Waals surface area contributed by atoms with Crippen molar-refractivity contribution in [3.63, 3.8) is 0 Å². The first-order chi connectivity index (χ1) is 14.3. The van der Waals surface area contributed by atoms with Gasteiger partial charge in [-0.3, -0.25) is 4.79 Å². The van der Waals surface area contributed by atoms with Crippen LogP contribution in [0.4, 0.5) is 13.2 Å².